The Hall–Kier alpha value is -2.46. The number of rotatable bonds is 13. The van der Waals surface area contributed by atoms with Gasteiger partial charge in [-0.05, 0) is 23.5 Å². The van der Waals surface area contributed by atoms with Gasteiger partial charge in [-0.2, -0.15) is 17.0 Å². The van der Waals surface area contributed by atoms with E-state index in [9.17, 15) is 18.3 Å². The second-order valence-corrected chi connectivity index (χ2v) is 11.3. The molecule has 0 aliphatic heterocycles. The lowest BCUT2D eigenvalue weighted by atomic mass is 9.82. The lowest BCUT2D eigenvalue weighted by Gasteiger charge is -2.39. The van der Waals surface area contributed by atoms with E-state index < -0.39 is 28.0 Å². The SMILES string of the molecule is CC(C)CCN(C[C@@H](O)C(Cc1ccccc1)(Cc1ccccc1)OC(N)=O)S(=O)(=O)N(C)C. The molecule has 9 heteroatoms. The van der Waals surface area contributed by atoms with E-state index in [1.54, 1.807) is 0 Å². The molecule has 3 N–H and O–H groups in total. The smallest absolute Gasteiger partial charge is 0.405 e. The molecule has 1 atom stereocenters. The van der Waals surface area contributed by atoms with Crippen molar-refractivity contribution in [1.29, 1.82) is 0 Å². The number of nitrogens with two attached hydrogens (primary N) is 1. The van der Waals surface area contributed by atoms with Crippen LogP contribution in [-0.4, -0.2) is 67.1 Å². The van der Waals surface area contributed by atoms with Crippen molar-refractivity contribution >= 4 is 16.3 Å². The van der Waals surface area contributed by atoms with Gasteiger partial charge in [0.05, 0.1) is 0 Å². The minimum Gasteiger partial charge on any atom is -0.440 e. The van der Waals surface area contributed by atoms with E-state index in [1.165, 1.54) is 18.4 Å². The normalized spacial score (nSPS) is 13.4. The first-order chi connectivity index (χ1) is 16.0. The van der Waals surface area contributed by atoms with Crippen LogP contribution in [0.5, 0.6) is 0 Å². The van der Waals surface area contributed by atoms with Crippen molar-refractivity contribution < 1.29 is 23.1 Å². The van der Waals surface area contributed by atoms with E-state index in [0.717, 1.165) is 15.4 Å². The van der Waals surface area contributed by atoms with Crippen LogP contribution < -0.4 is 5.73 Å². The van der Waals surface area contributed by atoms with Crippen molar-refractivity contribution in [2.45, 2.75) is 44.8 Å². The summed E-state index contributed by atoms with van der Waals surface area (Å²) in [5, 5.41) is 11.6. The molecule has 188 valence electrons. The molecule has 1 amide bonds. The van der Waals surface area contributed by atoms with E-state index in [1.807, 2.05) is 74.5 Å². The third kappa shape index (κ3) is 7.80. The van der Waals surface area contributed by atoms with Crippen molar-refractivity contribution in [3.63, 3.8) is 0 Å². The first-order valence-electron chi connectivity index (χ1n) is 11.4. The number of amides is 1. The minimum atomic E-state index is -3.83. The van der Waals surface area contributed by atoms with Crippen LogP contribution in [-0.2, 0) is 27.8 Å². The Morgan fingerprint density at radius 2 is 1.47 bits per heavy atom. The van der Waals surface area contributed by atoms with E-state index in [2.05, 4.69) is 0 Å². The topological polar surface area (TPSA) is 113 Å². The average molecular weight is 492 g/mol. The Morgan fingerprint density at radius 3 is 1.85 bits per heavy atom. The van der Waals surface area contributed by atoms with Crippen LogP contribution >= 0.6 is 0 Å². The monoisotopic (exact) mass is 491 g/mol. The maximum Gasteiger partial charge on any atom is 0.405 e. The lowest BCUT2D eigenvalue weighted by Crippen LogP contribution is -2.57. The van der Waals surface area contributed by atoms with Crippen LogP contribution in [0.1, 0.15) is 31.4 Å². The molecule has 0 radical (unpaired) electrons. The maximum atomic E-state index is 13.1. The van der Waals surface area contributed by atoms with Crippen molar-refractivity contribution in [2.75, 3.05) is 27.2 Å². The van der Waals surface area contributed by atoms with Crippen molar-refractivity contribution in [3.8, 4) is 0 Å². The first kappa shape index (κ1) is 27.8. The second kappa shape index (κ2) is 12.3. The first-order valence-corrected chi connectivity index (χ1v) is 12.8. The maximum absolute atomic E-state index is 13.1. The van der Waals surface area contributed by atoms with Crippen LogP contribution in [0.3, 0.4) is 0 Å². The molecule has 8 nitrogen and oxygen atoms in total. The fourth-order valence-corrected chi connectivity index (χ4v) is 4.94. The van der Waals surface area contributed by atoms with Gasteiger partial charge in [0, 0.05) is 40.0 Å². The van der Waals surface area contributed by atoms with Crippen molar-refractivity contribution in [1.82, 2.24) is 8.61 Å². The van der Waals surface area contributed by atoms with Gasteiger partial charge in [-0.3, -0.25) is 0 Å². The highest BCUT2D eigenvalue weighted by Crippen LogP contribution is 2.29. The van der Waals surface area contributed by atoms with Crippen LogP contribution in [0.15, 0.2) is 60.7 Å². The highest BCUT2D eigenvalue weighted by molar-refractivity contribution is 7.86. The number of ether oxygens (including phenoxy) is 1. The van der Waals surface area contributed by atoms with Gasteiger partial charge in [0.1, 0.15) is 11.7 Å². The minimum absolute atomic E-state index is 0.160. The summed E-state index contributed by atoms with van der Waals surface area (Å²) < 4.78 is 34.1. The predicted molar refractivity (Wildman–Crippen MR) is 133 cm³/mol. The molecule has 0 unspecified atom stereocenters. The van der Waals surface area contributed by atoms with E-state index in [-0.39, 0.29) is 31.8 Å². The van der Waals surface area contributed by atoms with Gasteiger partial charge in [0.2, 0.25) is 0 Å². The van der Waals surface area contributed by atoms with E-state index >= 15 is 0 Å². The number of carbonyl (C=O) groups is 1. The van der Waals surface area contributed by atoms with Gasteiger partial charge in [-0.15, -0.1) is 0 Å². The molecule has 0 fully saturated rings. The summed E-state index contributed by atoms with van der Waals surface area (Å²) in [7, 11) is -0.930. The molecule has 0 aliphatic carbocycles. The highest BCUT2D eigenvalue weighted by Gasteiger charge is 2.44. The molecule has 0 bridgehead atoms. The van der Waals surface area contributed by atoms with Crippen LogP contribution in [0.4, 0.5) is 4.79 Å². The molecule has 2 aromatic rings. The number of aliphatic hydroxyl groups is 1. The molecule has 0 saturated carbocycles. The number of aliphatic hydroxyl groups excluding tert-OH is 1. The highest BCUT2D eigenvalue weighted by atomic mass is 32.2. The molecule has 0 aliphatic rings. The fraction of sp³-hybridized carbons (Fsp3) is 0.480. The Kier molecular flexibility index (Phi) is 10.1. The van der Waals surface area contributed by atoms with Gasteiger partial charge in [-0.1, -0.05) is 74.5 Å². The Labute approximate surface area is 203 Å². The van der Waals surface area contributed by atoms with Crippen molar-refractivity contribution in [2.24, 2.45) is 11.7 Å². The molecule has 0 spiro atoms. The standard InChI is InChI=1S/C25H37N3O5S/c1-20(2)15-16-28(34(31,32)27(3)4)19-23(29)25(33-24(26)30,17-21-11-7-5-8-12-21)18-22-13-9-6-10-14-22/h5-14,20,23,29H,15-19H2,1-4H3,(H2,26,30)/t23-/m1/s1. The summed E-state index contributed by atoms with van der Waals surface area (Å²) in [4.78, 5) is 12.1. The Bertz CT molecular complexity index is 956. The number of nitrogens with zero attached hydrogens (tertiary/aromatic N) is 2. The van der Waals surface area contributed by atoms with Crippen LogP contribution in [0.25, 0.3) is 0 Å². The number of primary amides is 1. The molecule has 2 aromatic carbocycles. The quantitative estimate of drug-likeness (QED) is 0.447. The molecule has 0 heterocycles. The molecule has 34 heavy (non-hydrogen) atoms. The van der Waals surface area contributed by atoms with Gasteiger partial charge < -0.3 is 15.6 Å². The zero-order valence-electron chi connectivity index (χ0n) is 20.4. The summed E-state index contributed by atoms with van der Waals surface area (Å²) in [6.45, 7) is 3.98. The fourth-order valence-electron chi connectivity index (χ4n) is 3.81. The number of hydrogen-bond donors (Lipinski definition) is 2. The molecular weight excluding hydrogens is 454 g/mol. The largest absolute Gasteiger partial charge is 0.440 e. The summed E-state index contributed by atoms with van der Waals surface area (Å²) in [5.74, 6) is 0.261. The molecule has 2 rings (SSSR count). The van der Waals surface area contributed by atoms with Crippen LogP contribution in [0, 0.1) is 5.92 Å². The summed E-state index contributed by atoms with van der Waals surface area (Å²) in [5.41, 5.74) is 5.64. The number of hydrogen-bond acceptors (Lipinski definition) is 5. The summed E-state index contributed by atoms with van der Waals surface area (Å²) in [6, 6.07) is 18.6. The van der Waals surface area contributed by atoms with E-state index in [0.29, 0.717) is 6.42 Å². The summed E-state index contributed by atoms with van der Waals surface area (Å²) in [6.07, 6.45) is -1.45. The van der Waals surface area contributed by atoms with Crippen LogP contribution in [0.2, 0.25) is 0 Å². The molecule has 0 aromatic heterocycles. The second-order valence-electron chi connectivity index (χ2n) is 9.16. The Morgan fingerprint density at radius 1 is 1.00 bits per heavy atom. The van der Waals surface area contributed by atoms with Gasteiger partial charge >= 0.3 is 6.09 Å². The zero-order chi connectivity index (χ0) is 25.4. The van der Waals surface area contributed by atoms with Gasteiger partial charge in [-0.25, -0.2) is 4.79 Å². The molecule has 0 saturated heterocycles. The average Bonchev–Trinajstić information content (AvgIpc) is 2.76. The van der Waals surface area contributed by atoms with Gasteiger partial charge in [0.15, 0.2) is 0 Å². The van der Waals surface area contributed by atoms with Gasteiger partial charge in [0.25, 0.3) is 10.2 Å². The molecular formula is C25H37N3O5S. The predicted octanol–water partition coefficient (Wildman–Crippen LogP) is 2.82. The Balaban J connectivity index is 2.51. The van der Waals surface area contributed by atoms with E-state index in [4.69, 9.17) is 10.5 Å². The number of benzene rings is 2. The summed E-state index contributed by atoms with van der Waals surface area (Å²) >= 11 is 0. The third-order valence-electron chi connectivity index (χ3n) is 5.72. The number of carbonyl (C=O) groups excluding carboxylic acids is 1. The lowest BCUT2D eigenvalue weighted by molar-refractivity contribution is -0.0837. The van der Waals surface area contributed by atoms with Crippen molar-refractivity contribution in [3.05, 3.63) is 71.8 Å². The third-order valence-corrected chi connectivity index (χ3v) is 7.63. The zero-order valence-corrected chi connectivity index (χ0v) is 21.2.